The molecule has 16 heavy (non-hydrogen) atoms. The Morgan fingerprint density at radius 1 is 1.25 bits per heavy atom. The predicted molar refractivity (Wildman–Crippen MR) is 70.1 cm³/mol. The van der Waals surface area contributed by atoms with Crippen molar-refractivity contribution in [2.45, 2.75) is 27.3 Å². The van der Waals surface area contributed by atoms with E-state index in [9.17, 15) is 0 Å². The molecule has 0 fully saturated rings. The number of aromatic nitrogens is 1. The first-order valence-electron chi connectivity index (χ1n) is 5.37. The van der Waals surface area contributed by atoms with Gasteiger partial charge in [0, 0.05) is 10.6 Å². The summed E-state index contributed by atoms with van der Waals surface area (Å²) in [5, 5.41) is 3.47. The van der Waals surface area contributed by atoms with E-state index in [2.05, 4.69) is 49.3 Å². The molecule has 1 aromatic carbocycles. The Kier molecular flexibility index (Phi) is 3.25. The van der Waals surface area contributed by atoms with E-state index in [1.165, 1.54) is 21.7 Å². The van der Waals surface area contributed by atoms with Crippen LogP contribution in [0.5, 0.6) is 0 Å². The molecule has 0 bridgehead atoms. The molecule has 0 spiro atoms. The molecule has 1 heterocycles. The van der Waals surface area contributed by atoms with Crippen LogP contribution in [0, 0.1) is 20.8 Å². The summed E-state index contributed by atoms with van der Waals surface area (Å²) in [5.41, 5.74) is 6.81. The van der Waals surface area contributed by atoms with Gasteiger partial charge in [-0.15, -0.1) is 11.3 Å². The summed E-state index contributed by atoms with van der Waals surface area (Å²) in [6.45, 7) is 7.15. The smallest absolute Gasteiger partial charge is 0.0798 e. The first kappa shape index (κ1) is 11.1. The van der Waals surface area contributed by atoms with Gasteiger partial charge in [0.25, 0.3) is 0 Å². The molecule has 0 aliphatic carbocycles. The molecular formula is C13H16N2S. The molecule has 0 aliphatic rings. The fourth-order valence-electron chi connectivity index (χ4n) is 1.60. The van der Waals surface area contributed by atoms with Crippen molar-refractivity contribution >= 4 is 17.0 Å². The number of hydrogen-bond acceptors (Lipinski definition) is 3. The predicted octanol–water partition coefficient (Wildman–Crippen LogP) is 3.68. The molecule has 0 aliphatic heterocycles. The molecule has 1 N–H and O–H groups in total. The van der Waals surface area contributed by atoms with Crippen molar-refractivity contribution in [3.8, 4) is 0 Å². The van der Waals surface area contributed by atoms with E-state index in [-0.39, 0.29) is 0 Å². The molecule has 0 unspecified atom stereocenters. The van der Waals surface area contributed by atoms with E-state index in [1.807, 2.05) is 5.51 Å². The highest BCUT2D eigenvalue weighted by Gasteiger charge is 2.02. The second-order valence-electron chi connectivity index (χ2n) is 4.03. The molecule has 2 nitrogen and oxygen atoms in total. The zero-order chi connectivity index (χ0) is 11.5. The van der Waals surface area contributed by atoms with Gasteiger partial charge in [-0.25, -0.2) is 4.98 Å². The van der Waals surface area contributed by atoms with E-state index in [0.29, 0.717) is 0 Å². The van der Waals surface area contributed by atoms with Crippen molar-refractivity contribution in [1.82, 2.24) is 4.98 Å². The maximum atomic E-state index is 4.25. The third-order valence-electron chi connectivity index (χ3n) is 2.68. The van der Waals surface area contributed by atoms with Crippen molar-refractivity contribution < 1.29 is 0 Å². The van der Waals surface area contributed by atoms with Crippen LogP contribution < -0.4 is 5.32 Å². The fourth-order valence-corrected chi connectivity index (χ4v) is 2.31. The van der Waals surface area contributed by atoms with Crippen LogP contribution >= 0.6 is 11.3 Å². The lowest BCUT2D eigenvalue weighted by atomic mass is 10.1. The van der Waals surface area contributed by atoms with Crippen molar-refractivity contribution in [1.29, 1.82) is 0 Å². The van der Waals surface area contributed by atoms with Crippen LogP contribution in [0.2, 0.25) is 0 Å². The molecule has 84 valence electrons. The lowest BCUT2D eigenvalue weighted by molar-refractivity contribution is 1.11. The van der Waals surface area contributed by atoms with Gasteiger partial charge in [0.2, 0.25) is 0 Å². The van der Waals surface area contributed by atoms with Gasteiger partial charge in [-0.3, -0.25) is 0 Å². The molecule has 2 rings (SSSR count). The molecule has 1 aromatic heterocycles. The van der Waals surface area contributed by atoms with Gasteiger partial charge in [-0.1, -0.05) is 12.1 Å². The zero-order valence-electron chi connectivity index (χ0n) is 9.87. The molecule has 0 radical (unpaired) electrons. The third kappa shape index (κ3) is 2.42. The van der Waals surface area contributed by atoms with Crippen molar-refractivity contribution in [3.63, 3.8) is 0 Å². The Morgan fingerprint density at radius 3 is 2.75 bits per heavy atom. The number of nitrogens with one attached hydrogen (secondary N) is 1. The minimum absolute atomic E-state index is 0.862. The molecule has 0 saturated heterocycles. The number of rotatable bonds is 3. The van der Waals surface area contributed by atoms with Gasteiger partial charge in [-0.05, 0) is 38.0 Å². The molecule has 2 aromatic rings. The molecule has 3 heteroatoms. The van der Waals surface area contributed by atoms with E-state index in [1.54, 1.807) is 11.3 Å². The first-order valence-corrected chi connectivity index (χ1v) is 6.25. The maximum absolute atomic E-state index is 4.25. The number of hydrogen-bond donors (Lipinski definition) is 1. The topological polar surface area (TPSA) is 24.9 Å². The van der Waals surface area contributed by atoms with Crippen LogP contribution in [0.15, 0.2) is 23.7 Å². The number of anilines is 1. The highest BCUT2D eigenvalue weighted by atomic mass is 32.1. The first-order chi connectivity index (χ1) is 7.66. The fraction of sp³-hybridized carbons (Fsp3) is 0.308. The van der Waals surface area contributed by atoms with Crippen LogP contribution in [0.3, 0.4) is 0 Å². The van der Waals surface area contributed by atoms with Crippen molar-refractivity contribution in [2.24, 2.45) is 0 Å². The Labute approximate surface area is 100 Å². The molecule has 0 atom stereocenters. The monoisotopic (exact) mass is 232 g/mol. The summed E-state index contributed by atoms with van der Waals surface area (Å²) in [6.07, 6.45) is 0. The van der Waals surface area contributed by atoms with Gasteiger partial charge in [-0.2, -0.15) is 0 Å². The Balaban J connectivity index is 2.10. The Hall–Kier alpha value is -1.35. The highest BCUT2D eigenvalue weighted by Crippen LogP contribution is 2.19. The van der Waals surface area contributed by atoms with Crippen molar-refractivity contribution in [3.05, 3.63) is 45.4 Å². The quantitative estimate of drug-likeness (QED) is 0.873. The lowest BCUT2D eigenvalue weighted by Gasteiger charge is -2.09. The van der Waals surface area contributed by atoms with Crippen LogP contribution in [0.4, 0.5) is 5.69 Å². The third-order valence-corrected chi connectivity index (χ3v) is 3.61. The average molecular weight is 232 g/mol. The summed E-state index contributed by atoms with van der Waals surface area (Å²) < 4.78 is 0. The van der Waals surface area contributed by atoms with Crippen molar-refractivity contribution in [2.75, 3.05) is 5.32 Å². The highest BCUT2D eigenvalue weighted by molar-refractivity contribution is 7.09. The van der Waals surface area contributed by atoms with Crippen LogP contribution in [0.1, 0.15) is 21.7 Å². The van der Waals surface area contributed by atoms with E-state index < -0.39 is 0 Å². The summed E-state index contributed by atoms with van der Waals surface area (Å²) in [6, 6.07) is 6.47. The summed E-state index contributed by atoms with van der Waals surface area (Å²) in [5.74, 6) is 0. The van der Waals surface area contributed by atoms with Gasteiger partial charge in [0.15, 0.2) is 0 Å². The van der Waals surface area contributed by atoms with Gasteiger partial charge < -0.3 is 5.32 Å². The number of aryl methyl sites for hydroxylation is 3. The Morgan fingerprint density at radius 2 is 2.06 bits per heavy atom. The normalized spacial score (nSPS) is 10.4. The second-order valence-corrected chi connectivity index (χ2v) is 4.97. The molecule has 0 saturated carbocycles. The van der Waals surface area contributed by atoms with Crippen LogP contribution in [0.25, 0.3) is 0 Å². The average Bonchev–Trinajstić information content (AvgIpc) is 2.66. The molecular weight excluding hydrogens is 216 g/mol. The maximum Gasteiger partial charge on any atom is 0.0798 e. The summed E-state index contributed by atoms with van der Waals surface area (Å²) in [7, 11) is 0. The number of benzene rings is 1. The Bertz CT molecular complexity index is 488. The standard InChI is InChI=1S/C13H16N2S/c1-9-4-5-10(2)12(6-9)14-7-13-11(3)15-8-16-13/h4-6,8,14H,7H2,1-3H3. The van der Waals surface area contributed by atoms with E-state index in [0.717, 1.165) is 12.2 Å². The van der Waals surface area contributed by atoms with E-state index >= 15 is 0 Å². The second kappa shape index (κ2) is 4.66. The summed E-state index contributed by atoms with van der Waals surface area (Å²) in [4.78, 5) is 5.55. The van der Waals surface area contributed by atoms with Crippen LogP contribution in [-0.4, -0.2) is 4.98 Å². The van der Waals surface area contributed by atoms with Crippen LogP contribution in [-0.2, 0) is 6.54 Å². The SMILES string of the molecule is Cc1ccc(C)c(NCc2scnc2C)c1. The number of nitrogens with zero attached hydrogens (tertiary/aromatic N) is 1. The minimum Gasteiger partial charge on any atom is -0.380 e. The summed E-state index contributed by atoms with van der Waals surface area (Å²) >= 11 is 1.71. The van der Waals surface area contributed by atoms with Gasteiger partial charge >= 0.3 is 0 Å². The number of thiazole rings is 1. The largest absolute Gasteiger partial charge is 0.380 e. The zero-order valence-corrected chi connectivity index (χ0v) is 10.7. The van der Waals surface area contributed by atoms with Gasteiger partial charge in [0.05, 0.1) is 17.7 Å². The van der Waals surface area contributed by atoms with Gasteiger partial charge in [0.1, 0.15) is 0 Å². The van der Waals surface area contributed by atoms with E-state index in [4.69, 9.17) is 0 Å². The molecule has 0 amide bonds. The lowest BCUT2D eigenvalue weighted by Crippen LogP contribution is -2.01. The minimum atomic E-state index is 0.862.